The van der Waals surface area contributed by atoms with Gasteiger partial charge in [-0.05, 0) is 51.2 Å². The van der Waals surface area contributed by atoms with Gasteiger partial charge in [0.05, 0.1) is 23.8 Å². The third-order valence-electron chi connectivity index (χ3n) is 3.76. The molecule has 0 fully saturated rings. The zero-order valence-electron chi connectivity index (χ0n) is 14.9. The molecule has 0 saturated heterocycles. The minimum absolute atomic E-state index is 0.831. The zero-order chi connectivity index (χ0) is 17.4. The second-order valence-electron chi connectivity index (χ2n) is 5.64. The number of allylic oxidation sites excluding steroid dienone is 4. The Kier molecular flexibility index (Phi) is 6.69. The highest BCUT2D eigenvalue weighted by Crippen LogP contribution is 2.09. The lowest BCUT2D eigenvalue weighted by molar-refractivity contribution is 0.292. The maximum absolute atomic E-state index is 4.25. The molecule has 0 aromatic carbocycles. The van der Waals surface area contributed by atoms with Gasteiger partial charge in [-0.25, -0.2) is 4.68 Å². The molecule has 0 aliphatic carbocycles. The van der Waals surface area contributed by atoms with Gasteiger partial charge in [0.25, 0.3) is 0 Å². The lowest BCUT2D eigenvalue weighted by Gasteiger charge is -2.15. The van der Waals surface area contributed by atoms with Crippen LogP contribution >= 0.6 is 0 Å². The molecule has 24 heavy (non-hydrogen) atoms. The number of rotatable bonds is 8. The highest BCUT2D eigenvalue weighted by molar-refractivity contribution is 5.49. The molecule has 2 heterocycles. The van der Waals surface area contributed by atoms with Crippen molar-refractivity contribution in [2.75, 3.05) is 18.4 Å². The van der Waals surface area contributed by atoms with Gasteiger partial charge < -0.3 is 5.32 Å². The third kappa shape index (κ3) is 5.31. The molecule has 0 radical (unpaired) electrons. The molecule has 2 rings (SSSR count). The molecule has 6 heteroatoms. The monoisotopic (exact) mass is 326 g/mol. The summed E-state index contributed by atoms with van der Waals surface area (Å²) in [6, 6.07) is 3.89. The number of aromatic nitrogens is 4. The summed E-state index contributed by atoms with van der Waals surface area (Å²) >= 11 is 0. The molecule has 128 valence electrons. The normalized spacial score (nSPS) is 12.7. The van der Waals surface area contributed by atoms with E-state index in [0.29, 0.717) is 0 Å². The molecule has 6 nitrogen and oxygen atoms in total. The van der Waals surface area contributed by atoms with Crippen LogP contribution in [0.3, 0.4) is 0 Å². The van der Waals surface area contributed by atoms with Crippen LogP contribution in [0.5, 0.6) is 0 Å². The summed E-state index contributed by atoms with van der Waals surface area (Å²) in [4.78, 5) is 6.40. The maximum atomic E-state index is 4.25. The van der Waals surface area contributed by atoms with Crippen molar-refractivity contribution >= 4 is 11.4 Å². The van der Waals surface area contributed by atoms with E-state index in [1.54, 1.807) is 12.4 Å². The molecule has 0 spiro atoms. The van der Waals surface area contributed by atoms with Crippen molar-refractivity contribution in [1.29, 1.82) is 0 Å². The molecular formula is C18H26N6. The molecule has 0 aliphatic rings. The van der Waals surface area contributed by atoms with Gasteiger partial charge >= 0.3 is 0 Å². The average molecular weight is 326 g/mol. The van der Waals surface area contributed by atoms with E-state index in [4.69, 9.17) is 0 Å². The number of nitrogens with one attached hydrogen (secondary N) is 1. The first kappa shape index (κ1) is 17.9. The fourth-order valence-electron chi connectivity index (χ4n) is 2.25. The van der Waals surface area contributed by atoms with Crippen LogP contribution in [0.4, 0.5) is 5.69 Å². The van der Waals surface area contributed by atoms with Crippen molar-refractivity contribution in [3.05, 3.63) is 54.3 Å². The smallest absolute Gasteiger partial charge is 0.0971 e. The van der Waals surface area contributed by atoms with Gasteiger partial charge in [-0.1, -0.05) is 19.1 Å². The van der Waals surface area contributed by atoms with E-state index in [1.807, 2.05) is 49.0 Å². The molecule has 0 saturated carbocycles. The molecule has 2 aromatic rings. The summed E-state index contributed by atoms with van der Waals surface area (Å²) < 4.78 is 1.81. The summed E-state index contributed by atoms with van der Waals surface area (Å²) in [6.07, 6.45) is 9.59. The molecule has 0 unspecified atom stereocenters. The Morgan fingerprint density at radius 3 is 2.71 bits per heavy atom. The van der Waals surface area contributed by atoms with Gasteiger partial charge in [0.1, 0.15) is 0 Å². The quantitative estimate of drug-likeness (QED) is 0.754. The van der Waals surface area contributed by atoms with E-state index >= 15 is 0 Å². The first-order chi connectivity index (χ1) is 11.6. The van der Waals surface area contributed by atoms with Crippen molar-refractivity contribution in [2.24, 2.45) is 0 Å². The third-order valence-corrected chi connectivity index (χ3v) is 3.76. The fourth-order valence-corrected chi connectivity index (χ4v) is 2.25. The Balaban J connectivity index is 2.00. The van der Waals surface area contributed by atoms with E-state index in [9.17, 15) is 0 Å². The predicted octanol–water partition coefficient (Wildman–Crippen LogP) is 3.39. The van der Waals surface area contributed by atoms with Crippen molar-refractivity contribution in [1.82, 2.24) is 24.9 Å². The Bertz CT molecular complexity index is 683. The van der Waals surface area contributed by atoms with Crippen LogP contribution in [0.25, 0.3) is 5.70 Å². The first-order valence-corrected chi connectivity index (χ1v) is 8.28. The second kappa shape index (κ2) is 8.98. The molecule has 0 bridgehead atoms. The first-order valence-electron chi connectivity index (χ1n) is 8.28. The Morgan fingerprint density at radius 1 is 1.25 bits per heavy atom. The van der Waals surface area contributed by atoms with Crippen LogP contribution < -0.4 is 5.32 Å². The van der Waals surface area contributed by atoms with Crippen LogP contribution in [-0.4, -0.2) is 38.0 Å². The Morgan fingerprint density at radius 2 is 2.04 bits per heavy atom. The van der Waals surface area contributed by atoms with E-state index in [2.05, 4.69) is 39.4 Å². The van der Waals surface area contributed by atoms with Crippen molar-refractivity contribution in [2.45, 2.75) is 34.2 Å². The van der Waals surface area contributed by atoms with E-state index in [0.717, 1.165) is 42.4 Å². The second-order valence-corrected chi connectivity index (χ2v) is 5.64. The van der Waals surface area contributed by atoms with Crippen LogP contribution in [0, 0.1) is 0 Å². The number of anilines is 1. The van der Waals surface area contributed by atoms with Crippen LogP contribution in [0.1, 0.15) is 33.4 Å². The molecule has 0 amide bonds. The lowest BCUT2D eigenvalue weighted by Crippen LogP contribution is -2.22. The number of pyridine rings is 1. The number of nitrogens with zero attached hydrogens (tertiary/aromatic N) is 5. The minimum Gasteiger partial charge on any atom is -0.358 e. The zero-order valence-corrected chi connectivity index (χ0v) is 14.9. The fraction of sp³-hybridized carbons (Fsp3) is 0.389. The van der Waals surface area contributed by atoms with Gasteiger partial charge in [-0.2, -0.15) is 0 Å². The number of hydrogen-bond donors (Lipinski definition) is 1. The van der Waals surface area contributed by atoms with E-state index < -0.39 is 0 Å². The molecule has 0 aliphatic heterocycles. The standard InChI is InChI=1S/C18H26N6/c1-5-23(6-2)13-18-14-24(22-21-18)16(4)10-9-15(3)20-17-8-7-11-19-12-17/h7-12,14,20H,5-6,13H2,1-4H3/b15-9+,16-10+. The van der Waals surface area contributed by atoms with Gasteiger partial charge in [-0.3, -0.25) is 9.88 Å². The largest absolute Gasteiger partial charge is 0.358 e. The molecule has 2 aromatic heterocycles. The Hall–Kier alpha value is -2.47. The van der Waals surface area contributed by atoms with Gasteiger partial charge in [-0.15, -0.1) is 5.10 Å². The lowest BCUT2D eigenvalue weighted by atomic mass is 10.3. The Labute approximate surface area is 143 Å². The van der Waals surface area contributed by atoms with Crippen LogP contribution in [0.2, 0.25) is 0 Å². The van der Waals surface area contributed by atoms with E-state index in [1.165, 1.54) is 0 Å². The highest BCUT2D eigenvalue weighted by Gasteiger charge is 2.06. The van der Waals surface area contributed by atoms with Crippen molar-refractivity contribution in [3.63, 3.8) is 0 Å². The summed E-state index contributed by atoms with van der Waals surface area (Å²) in [5.41, 5.74) is 4.01. The molecular weight excluding hydrogens is 300 g/mol. The molecule has 0 atom stereocenters. The van der Waals surface area contributed by atoms with Crippen molar-refractivity contribution in [3.8, 4) is 0 Å². The van der Waals surface area contributed by atoms with Gasteiger partial charge in [0.15, 0.2) is 0 Å². The SMILES string of the molecule is CCN(CC)Cc1cn(/C(C)=C/C=C(\C)Nc2cccnc2)nn1. The van der Waals surface area contributed by atoms with Gasteiger partial charge in [0.2, 0.25) is 0 Å². The van der Waals surface area contributed by atoms with Gasteiger partial charge in [0, 0.05) is 24.1 Å². The maximum Gasteiger partial charge on any atom is 0.0971 e. The summed E-state index contributed by atoms with van der Waals surface area (Å²) in [6.45, 7) is 11.2. The average Bonchev–Trinajstić information content (AvgIpc) is 3.07. The minimum atomic E-state index is 0.831. The van der Waals surface area contributed by atoms with Crippen LogP contribution in [0.15, 0.2) is 48.6 Å². The molecule has 1 N–H and O–H groups in total. The van der Waals surface area contributed by atoms with E-state index in [-0.39, 0.29) is 0 Å². The highest BCUT2D eigenvalue weighted by atomic mass is 15.4. The number of hydrogen-bond acceptors (Lipinski definition) is 5. The summed E-state index contributed by atoms with van der Waals surface area (Å²) in [7, 11) is 0. The summed E-state index contributed by atoms with van der Waals surface area (Å²) in [5, 5.41) is 11.8. The predicted molar refractivity (Wildman–Crippen MR) is 98.2 cm³/mol. The summed E-state index contributed by atoms with van der Waals surface area (Å²) in [5.74, 6) is 0. The van der Waals surface area contributed by atoms with Crippen LogP contribution in [-0.2, 0) is 6.54 Å². The van der Waals surface area contributed by atoms with Crippen molar-refractivity contribution < 1.29 is 0 Å². The topological polar surface area (TPSA) is 58.9 Å².